The zero-order valence-electron chi connectivity index (χ0n) is 12.9. The maximum absolute atomic E-state index is 13.0. The van der Waals surface area contributed by atoms with Gasteiger partial charge in [-0.25, -0.2) is 4.39 Å². The third-order valence-corrected chi connectivity index (χ3v) is 4.46. The lowest BCUT2D eigenvalue weighted by Crippen LogP contribution is -2.24. The fourth-order valence-electron chi connectivity index (χ4n) is 2.45. The molecule has 0 aliphatic carbocycles. The van der Waals surface area contributed by atoms with Crippen LogP contribution in [0.25, 0.3) is 0 Å². The number of aromatic nitrogens is 1. The summed E-state index contributed by atoms with van der Waals surface area (Å²) in [5, 5.41) is 2.93. The van der Waals surface area contributed by atoms with E-state index in [-0.39, 0.29) is 11.7 Å². The first kappa shape index (κ1) is 16.5. The van der Waals surface area contributed by atoms with Gasteiger partial charge in [-0.3, -0.25) is 4.79 Å². The lowest BCUT2D eigenvalue weighted by Gasteiger charge is -2.11. The maximum atomic E-state index is 13.0. The van der Waals surface area contributed by atoms with Crippen LogP contribution in [0.3, 0.4) is 0 Å². The SMILES string of the molecule is O=C(NCc1c(Br)ccn1Cc1ccc(F)cc1)c1ccccc1. The first-order valence-corrected chi connectivity index (χ1v) is 8.34. The minimum Gasteiger partial charge on any atom is -0.346 e. The van der Waals surface area contributed by atoms with E-state index in [0.29, 0.717) is 18.7 Å². The van der Waals surface area contributed by atoms with Crippen molar-refractivity contribution in [2.45, 2.75) is 13.1 Å². The second-order valence-corrected chi connectivity index (χ2v) is 6.27. The molecule has 1 aromatic heterocycles. The molecule has 1 heterocycles. The number of carbonyl (C=O) groups is 1. The number of benzene rings is 2. The first-order chi connectivity index (χ1) is 11.6. The highest BCUT2D eigenvalue weighted by atomic mass is 79.9. The Morgan fingerprint density at radius 1 is 1.04 bits per heavy atom. The molecule has 0 fully saturated rings. The summed E-state index contributed by atoms with van der Waals surface area (Å²) in [5.41, 5.74) is 2.59. The predicted octanol–water partition coefficient (Wildman–Crippen LogP) is 4.37. The molecule has 0 bridgehead atoms. The fraction of sp³-hybridized carbons (Fsp3) is 0.105. The predicted molar refractivity (Wildman–Crippen MR) is 95.2 cm³/mol. The van der Waals surface area contributed by atoms with Crippen LogP contribution in [0.4, 0.5) is 4.39 Å². The van der Waals surface area contributed by atoms with Crippen LogP contribution in [-0.2, 0) is 13.1 Å². The quantitative estimate of drug-likeness (QED) is 0.693. The van der Waals surface area contributed by atoms with Gasteiger partial charge < -0.3 is 9.88 Å². The molecule has 0 aliphatic heterocycles. The number of carbonyl (C=O) groups excluding carboxylic acids is 1. The summed E-state index contributed by atoms with van der Waals surface area (Å²) in [6.45, 7) is 1.02. The van der Waals surface area contributed by atoms with E-state index in [2.05, 4.69) is 21.2 Å². The van der Waals surface area contributed by atoms with Crippen molar-refractivity contribution in [2.75, 3.05) is 0 Å². The van der Waals surface area contributed by atoms with Gasteiger partial charge in [0.15, 0.2) is 0 Å². The Morgan fingerprint density at radius 3 is 2.46 bits per heavy atom. The van der Waals surface area contributed by atoms with Gasteiger partial charge in [0.05, 0.1) is 12.2 Å². The van der Waals surface area contributed by atoms with E-state index in [1.54, 1.807) is 24.3 Å². The van der Waals surface area contributed by atoms with Crippen molar-refractivity contribution in [3.8, 4) is 0 Å². The van der Waals surface area contributed by atoms with Crippen LogP contribution in [0.15, 0.2) is 71.3 Å². The highest BCUT2D eigenvalue weighted by Crippen LogP contribution is 2.19. The molecule has 0 unspecified atom stereocenters. The van der Waals surface area contributed by atoms with Crippen LogP contribution in [0.1, 0.15) is 21.6 Å². The lowest BCUT2D eigenvalue weighted by molar-refractivity contribution is 0.0950. The third-order valence-electron chi connectivity index (χ3n) is 3.74. The van der Waals surface area contributed by atoms with Crippen molar-refractivity contribution in [3.63, 3.8) is 0 Å². The smallest absolute Gasteiger partial charge is 0.251 e. The number of hydrogen-bond donors (Lipinski definition) is 1. The Labute approximate surface area is 148 Å². The van der Waals surface area contributed by atoms with Crippen molar-refractivity contribution in [3.05, 3.63) is 94.0 Å². The molecular formula is C19H16BrFN2O. The zero-order chi connectivity index (χ0) is 16.9. The van der Waals surface area contributed by atoms with E-state index >= 15 is 0 Å². The average molecular weight is 387 g/mol. The van der Waals surface area contributed by atoms with Crippen molar-refractivity contribution in [2.24, 2.45) is 0 Å². The van der Waals surface area contributed by atoms with Gasteiger partial charge in [-0.1, -0.05) is 30.3 Å². The molecule has 0 saturated heterocycles. The molecular weight excluding hydrogens is 371 g/mol. The molecule has 3 aromatic rings. The maximum Gasteiger partial charge on any atom is 0.251 e. The summed E-state index contributed by atoms with van der Waals surface area (Å²) in [4.78, 5) is 12.2. The number of nitrogens with zero attached hydrogens (tertiary/aromatic N) is 1. The van der Waals surface area contributed by atoms with Gasteiger partial charge in [0.2, 0.25) is 0 Å². The van der Waals surface area contributed by atoms with Gasteiger partial charge in [-0.2, -0.15) is 0 Å². The summed E-state index contributed by atoms with van der Waals surface area (Å²) in [7, 11) is 0. The number of nitrogens with one attached hydrogen (secondary N) is 1. The van der Waals surface area contributed by atoms with Gasteiger partial charge >= 0.3 is 0 Å². The Morgan fingerprint density at radius 2 is 1.75 bits per heavy atom. The van der Waals surface area contributed by atoms with Gasteiger partial charge in [-0.15, -0.1) is 0 Å². The second kappa shape index (κ2) is 7.45. The van der Waals surface area contributed by atoms with E-state index in [1.807, 2.05) is 35.0 Å². The molecule has 1 amide bonds. The molecule has 0 atom stereocenters. The van der Waals surface area contributed by atoms with Gasteiger partial charge in [0.25, 0.3) is 5.91 Å². The zero-order valence-corrected chi connectivity index (χ0v) is 14.5. The van der Waals surface area contributed by atoms with E-state index in [4.69, 9.17) is 0 Å². The average Bonchev–Trinajstić information content (AvgIpc) is 2.95. The number of halogens is 2. The molecule has 0 spiro atoms. The third kappa shape index (κ3) is 3.92. The number of amides is 1. The van der Waals surface area contributed by atoms with Crippen LogP contribution < -0.4 is 5.32 Å². The minimum atomic E-state index is -0.247. The second-order valence-electron chi connectivity index (χ2n) is 5.41. The molecule has 3 rings (SSSR count). The molecule has 0 radical (unpaired) electrons. The number of hydrogen-bond acceptors (Lipinski definition) is 1. The Balaban J connectivity index is 1.71. The van der Waals surface area contributed by atoms with E-state index in [9.17, 15) is 9.18 Å². The molecule has 122 valence electrons. The summed E-state index contributed by atoms with van der Waals surface area (Å²) in [5.74, 6) is -0.361. The van der Waals surface area contributed by atoms with Crippen molar-refractivity contribution in [1.29, 1.82) is 0 Å². The van der Waals surface area contributed by atoms with Crippen molar-refractivity contribution < 1.29 is 9.18 Å². The van der Waals surface area contributed by atoms with Crippen LogP contribution in [0.5, 0.6) is 0 Å². The molecule has 0 saturated carbocycles. The Bertz CT molecular complexity index is 828. The normalized spacial score (nSPS) is 10.6. The first-order valence-electron chi connectivity index (χ1n) is 7.54. The topological polar surface area (TPSA) is 34.0 Å². The van der Waals surface area contributed by atoms with Crippen LogP contribution >= 0.6 is 15.9 Å². The van der Waals surface area contributed by atoms with Gasteiger partial charge in [-0.05, 0) is 51.8 Å². The fourth-order valence-corrected chi connectivity index (χ4v) is 2.94. The summed E-state index contributed by atoms with van der Waals surface area (Å²) in [6.07, 6.45) is 1.94. The molecule has 3 nitrogen and oxygen atoms in total. The monoisotopic (exact) mass is 386 g/mol. The van der Waals surface area contributed by atoms with Crippen LogP contribution in [0.2, 0.25) is 0 Å². The highest BCUT2D eigenvalue weighted by Gasteiger charge is 2.10. The van der Waals surface area contributed by atoms with Crippen molar-refractivity contribution >= 4 is 21.8 Å². The highest BCUT2D eigenvalue weighted by molar-refractivity contribution is 9.10. The minimum absolute atomic E-state index is 0.114. The number of rotatable bonds is 5. The van der Waals surface area contributed by atoms with Crippen molar-refractivity contribution in [1.82, 2.24) is 9.88 Å². The van der Waals surface area contributed by atoms with Crippen LogP contribution in [0, 0.1) is 5.82 Å². The molecule has 2 aromatic carbocycles. The van der Waals surface area contributed by atoms with E-state index in [1.165, 1.54) is 12.1 Å². The van der Waals surface area contributed by atoms with E-state index in [0.717, 1.165) is 15.7 Å². The Kier molecular flexibility index (Phi) is 5.11. The summed E-state index contributed by atoms with van der Waals surface area (Å²) in [6, 6.07) is 17.5. The molecule has 1 N–H and O–H groups in total. The lowest BCUT2D eigenvalue weighted by atomic mass is 10.2. The molecule has 0 aliphatic rings. The summed E-state index contributed by atoms with van der Waals surface area (Å²) >= 11 is 3.52. The summed E-state index contributed by atoms with van der Waals surface area (Å²) < 4.78 is 16.0. The van der Waals surface area contributed by atoms with E-state index < -0.39 is 0 Å². The Hall–Kier alpha value is -2.40. The van der Waals surface area contributed by atoms with Gasteiger partial charge in [0.1, 0.15) is 5.82 Å². The van der Waals surface area contributed by atoms with Crippen LogP contribution in [-0.4, -0.2) is 10.5 Å². The largest absolute Gasteiger partial charge is 0.346 e. The molecule has 24 heavy (non-hydrogen) atoms. The van der Waals surface area contributed by atoms with Gasteiger partial charge in [0, 0.05) is 22.8 Å². The molecule has 5 heteroatoms. The standard InChI is InChI=1S/C19H16BrFN2O/c20-17-10-11-23(13-14-6-8-16(21)9-7-14)18(17)12-22-19(24)15-4-2-1-3-5-15/h1-11H,12-13H2,(H,22,24).